The third kappa shape index (κ3) is 4.64. The Labute approximate surface area is 219 Å². The first-order valence-electron chi connectivity index (χ1n) is 11.9. The van der Waals surface area contributed by atoms with Crippen LogP contribution in [-0.2, 0) is 29.9 Å². The summed E-state index contributed by atoms with van der Waals surface area (Å²) in [5.74, 6) is -1.55. The second-order valence-electron chi connectivity index (χ2n) is 10.2. The Morgan fingerprint density at radius 3 is 2.62 bits per heavy atom. The minimum absolute atomic E-state index is 0.0224. The molecule has 4 rings (SSSR count). The molecule has 1 fully saturated rings. The highest BCUT2D eigenvalue weighted by atomic mass is 35.5. The summed E-state index contributed by atoms with van der Waals surface area (Å²) in [6.07, 6.45) is -0.469. The van der Waals surface area contributed by atoms with E-state index in [9.17, 15) is 32.6 Å². The lowest BCUT2D eigenvalue weighted by Crippen LogP contribution is -2.55. The van der Waals surface area contributed by atoms with Gasteiger partial charge in [0.05, 0.1) is 27.2 Å². The lowest BCUT2D eigenvalue weighted by atomic mass is 10.0. The summed E-state index contributed by atoms with van der Waals surface area (Å²) in [7, 11) is -2.38. The monoisotopic (exact) mass is 556 g/mol. The normalized spacial score (nSPS) is 17.9. The Bertz CT molecular complexity index is 1360. The average Bonchev–Trinajstić information content (AvgIpc) is 3.57. The van der Waals surface area contributed by atoms with Crippen LogP contribution in [0.15, 0.2) is 18.2 Å². The van der Waals surface area contributed by atoms with Crippen LogP contribution in [0.25, 0.3) is 0 Å². The Morgan fingerprint density at radius 1 is 1.35 bits per heavy atom. The number of nitrogens with zero attached hydrogens (tertiary/aromatic N) is 3. The van der Waals surface area contributed by atoms with Crippen molar-refractivity contribution in [1.29, 1.82) is 0 Å². The van der Waals surface area contributed by atoms with Crippen molar-refractivity contribution in [3.63, 3.8) is 0 Å². The number of carbonyl (C=O) groups is 2. The molecular formula is C24H30ClFN4O6S. The van der Waals surface area contributed by atoms with Crippen LogP contribution in [0.2, 0.25) is 5.02 Å². The van der Waals surface area contributed by atoms with Crippen molar-refractivity contribution in [1.82, 2.24) is 20.0 Å². The molecule has 1 aromatic carbocycles. The number of carbonyl (C=O) groups excluding carboxylic acids is 2. The summed E-state index contributed by atoms with van der Waals surface area (Å²) in [6, 6.07) is 4.21. The molecule has 2 aromatic rings. The van der Waals surface area contributed by atoms with Gasteiger partial charge in [0.25, 0.3) is 11.8 Å². The summed E-state index contributed by atoms with van der Waals surface area (Å²) in [5.41, 5.74) is 1.26. The number of hydrogen-bond donors (Lipinski definition) is 3. The Hall–Kier alpha value is -2.54. The topological polar surface area (TPSA) is 142 Å². The van der Waals surface area contributed by atoms with Crippen LogP contribution >= 0.6 is 11.6 Å². The second kappa shape index (κ2) is 9.64. The molecule has 1 atom stereocenters. The summed E-state index contributed by atoms with van der Waals surface area (Å²) < 4.78 is 39.1. The van der Waals surface area contributed by atoms with Gasteiger partial charge in [-0.25, -0.2) is 12.8 Å². The number of benzene rings is 1. The highest BCUT2D eigenvalue weighted by molar-refractivity contribution is 7.94. The molecule has 1 aliphatic heterocycles. The van der Waals surface area contributed by atoms with Gasteiger partial charge < -0.3 is 20.4 Å². The van der Waals surface area contributed by atoms with Crippen LogP contribution in [-0.4, -0.2) is 80.4 Å². The van der Waals surface area contributed by atoms with E-state index in [4.69, 9.17) is 11.6 Å². The average molecular weight is 557 g/mol. The largest absolute Gasteiger partial charge is 0.394 e. The first-order valence-corrected chi connectivity index (χ1v) is 13.7. The van der Waals surface area contributed by atoms with Crippen LogP contribution in [0.5, 0.6) is 0 Å². The molecule has 10 nitrogen and oxygen atoms in total. The number of rotatable bonds is 9. The van der Waals surface area contributed by atoms with Gasteiger partial charge in [0.1, 0.15) is 11.5 Å². The van der Waals surface area contributed by atoms with Gasteiger partial charge >= 0.3 is 0 Å². The van der Waals surface area contributed by atoms with E-state index in [0.717, 1.165) is 0 Å². The number of aromatic nitrogens is 2. The smallest absolute Gasteiger partial charge is 0.272 e. The predicted molar refractivity (Wildman–Crippen MR) is 133 cm³/mol. The molecule has 0 unspecified atom stereocenters. The number of aryl methyl sites for hydroxylation is 1. The SMILES string of the molecule is Cn1nc(C(=O)NCc2ccc(Cl)c(F)c2)c2c1C(=O)N(CC1(S(=O)(=O)C(C)(C)[C@@H](O)CO)CC1)CC2. The fraction of sp³-hybridized carbons (Fsp3) is 0.542. The molecular weight excluding hydrogens is 527 g/mol. The maximum atomic E-state index is 13.7. The molecule has 13 heteroatoms. The zero-order chi connectivity index (χ0) is 27.3. The lowest BCUT2D eigenvalue weighted by molar-refractivity contribution is 0.0673. The van der Waals surface area contributed by atoms with Crippen LogP contribution in [0, 0.1) is 5.82 Å². The van der Waals surface area contributed by atoms with Crippen LogP contribution in [0.3, 0.4) is 0 Å². The number of amides is 2. The van der Waals surface area contributed by atoms with E-state index in [1.54, 1.807) is 6.07 Å². The molecule has 37 heavy (non-hydrogen) atoms. The fourth-order valence-corrected chi connectivity index (χ4v) is 7.41. The first kappa shape index (κ1) is 27.5. The zero-order valence-corrected chi connectivity index (χ0v) is 22.4. The Balaban J connectivity index is 1.51. The van der Waals surface area contributed by atoms with Crippen molar-refractivity contribution in [3.8, 4) is 0 Å². The summed E-state index contributed by atoms with van der Waals surface area (Å²) in [6.45, 7) is 2.24. The van der Waals surface area contributed by atoms with Crippen molar-refractivity contribution >= 4 is 33.3 Å². The molecule has 0 spiro atoms. The van der Waals surface area contributed by atoms with E-state index in [2.05, 4.69) is 10.4 Å². The van der Waals surface area contributed by atoms with Crippen molar-refractivity contribution < 1.29 is 32.6 Å². The van der Waals surface area contributed by atoms with Gasteiger partial charge in [-0.15, -0.1) is 0 Å². The van der Waals surface area contributed by atoms with Crippen molar-refractivity contribution in [2.24, 2.45) is 7.05 Å². The lowest BCUT2D eigenvalue weighted by Gasteiger charge is -2.36. The van der Waals surface area contributed by atoms with E-state index < -0.39 is 49.7 Å². The minimum atomic E-state index is -3.92. The van der Waals surface area contributed by atoms with Gasteiger partial charge in [0.2, 0.25) is 0 Å². The molecule has 0 bridgehead atoms. The summed E-state index contributed by atoms with van der Waals surface area (Å²) in [5, 5.41) is 26.4. The standard InChI is InChI=1S/C24H30ClFN4O6S/c1-23(2,18(32)12-31)37(35,36)24(7-8-24)13-30-9-6-15-19(28-29(3)20(15)22(30)34)21(33)27-11-14-4-5-16(25)17(26)10-14/h4-5,10,18,31-32H,6-9,11-13H2,1-3H3,(H,27,33)/t18-/m0/s1. The highest BCUT2D eigenvalue weighted by Gasteiger charge is 2.62. The molecule has 2 amide bonds. The van der Waals surface area contributed by atoms with E-state index in [0.29, 0.717) is 30.4 Å². The van der Waals surface area contributed by atoms with Crippen molar-refractivity contribution in [3.05, 3.63) is 51.6 Å². The predicted octanol–water partition coefficient (Wildman–Crippen LogP) is 1.22. The number of halogens is 2. The number of sulfone groups is 1. The second-order valence-corrected chi connectivity index (χ2v) is 13.5. The van der Waals surface area contributed by atoms with Gasteiger partial charge in [0.15, 0.2) is 15.5 Å². The maximum Gasteiger partial charge on any atom is 0.272 e. The van der Waals surface area contributed by atoms with E-state index in [1.807, 2.05) is 0 Å². The Kier molecular flexibility index (Phi) is 7.17. The molecule has 0 radical (unpaired) electrons. The molecule has 1 saturated carbocycles. The molecule has 2 heterocycles. The quantitative estimate of drug-likeness (QED) is 0.421. The molecule has 2 aliphatic rings. The van der Waals surface area contributed by atoms with E-state index in [-0.39, 0.29) is 36.0 Å². The maximum absolute atomic E-state index is 13.7. The number of aliphatic hydroxyl groups excluding tert-OH is 2. The number of aliphatic hydroxyl groups is 2. The molecule has 1 aromatic heterocycles. The molecule has 202 valence electrons. The van der Waals surface area contributed by atoms with E-state index >= 15 is 0 Å². The zero-order valence-electron chi connectivity index (χ0n) is 20.8. The van der Waals surface area contributed by atoms with Gasteiger partial charge in [-0.1, -0.05) is 17.7 Å². The summed E-state index contributed by atoms with van der Waals surface area (Å²) >= 11 is 5.69. The Morgan fingerprint density at radius 2 is 2.03 bits per heavy atom. The van der Waals surface area contributed by atoms with Gasteiger partial charge in [0, 0.05) is 32.2 Å². The van der Waals surface area contributed by atoms with Crippen LogP contribution in [0.4, 0.5) is 4.39 Å². The molecule has 3 N–H and O–H groups in total. The number of hydrogen-bond acceptors (Lipinski definition) is 7. The number of fused-ring (bicyclic) bond motifs is 1. The highest BCUT2D eigenvalue weighted by Crippen LogP contribution is 2.50. The number of nitrogens with one attached hydrogen (secondary N) is 1. The fourth-order valence-electron chi connectivity index (χ4n) is 4.78. The molecule has 0 saturated heterocycles. The third-order valence-electron chi connectivity index (χ3n) is 7.44. The van der Waals surface area contributed by atoms with E-state index in [1.165, 1.54) is 42.6 Å². The van der Waals surface area contributed by atoms with Crippen LogP contribution in [0.1, 0.15) is 58.8 Å². The van der Waals surface area contributed by atoms with Crippen molar-refractivity contribution in [2.45, 2.75) is 55.3 Å². The van der Waals surface area contributed by atoms with Crippen LogP contribution < -0.4 is 5.32 Å². The summed E-state index contributed by atoms with van der Waals surface area (Å²) in [4.78, 5) is 27.7. The van der Waals surface area contributed by atoms with Crippen molar-refractivity contribution in [2.75, 3.05) is 19.7 Å². The van der Waals surface area contributed by atoms with Gasteiger partial charge in [-0.05, 0) is 50.8 Å². The van der Waals surface area contributed by atoms with Gasteiger partial charge in [-0.3, -0.25) is 14.3 Å². The molecule has 1 aliphatic carbocycles. The third-order valence-corrected chi connectivity index (χ3v) is 11.1. The first-order chi connectivity index (χ1) is 17.3. The van der Waals surface area contributed by atoms with Gasteiger partial charge in [-0.2, -0.15) is 5.10 Å². The minimum Gasteiger partial charge on any atom is -0.394 e.